The predicted octanol–water partition coefficient (Wildman–Crippen LogP) is 2.82. The van der Waals surface area contributed by atoms with Gasteiger partial charge in [0.05, 0.1) is 0 Å². The van der Waals surface area contributed by atoms with E-state index in [-0.39, 0.29) is 0 Å². The van der Waals surface area contributed by atoms with Gasteiger partial charge in [-0.15, -0.1) is 0 Å². The fourth-order valence-electron chi connectivity index (χ4n) is 4.59. The van der Waals surface area contributed by atoms with Gasteiger partial charge in [0.2, 0.25) is 0 Å². The van der Waals surface area contributed by atoms with Crippen LogP contribution in [0.3, 0.4) is 0 Å². The molecular weight excluding hydrogens is 258 g/mol. The van der Waals surface area contributed by atoms with Gasteiger partial charge in [-0.3, -0.25) is 0 Å². The maximum Gasteiger partial charge on any atom is 0.0113 e. The van der Waals surface area contributed by atoms with E-state index < -0.39 is 0 Å². The number of rotatable bonds is 6. The van der Waals surface area contributed by atoms with Crippen LogP contribution in [0.5, 0.6) is 0 Å². The van der Waals surface area contributed by atoms with Gasteiger partial charge in [0.15, 0.2) is 0 Å². The summed E-state index contributed by atoms with van der Waals surface area (Å²) < 4.78 is 0. The largest absolute Gasteiger partial charge is 0.316 e. The van der Waals surface area contributed by atoms with E-state index in [1.54, 1.807) is 0 Å². The Bertz CT molecular complexity index is 297. The molecule has 0 bridgehead atoms. The van der Waals surface area contributed by atoms with Crippen LogP contribution in [0.4, 0.5) is 0 Å². The Morgan fingerprint density at radius 1 is 1.19 bits per heavy atom. The van der Waals surface area contributed by atoms with Crippen LogP contribution < -0.4 is 5.32 Å². The smallest absolute Gasteiger partial charge is 0.0113 e. The van der Waals surface area contributed by atoms with Crippen LogP contribution in [0.2, 0.25) is 0 Å². The van der Waals surface area contributed by atoms with E-state index in [0.29, 0.717) is 5.41 Å². The number of hydrogen-bond donors (Lipinski definition) is 1. The van der Waals surface area contributed by atoms with Gasteiger partial charge in [-0.05, 0) is 70.7 Å². The molecule has 1 heterocycles. The zero-order valence-electron chi connectivity index (χ0n) is 14.8. The third-order valence-corrected chi connectivity index (χ3v) is 5.78. The molecule has 0 radical (unpaired) electrons. The first-order valence-electron chi connectivity index (χ1n) is 9.14. The van der Waals surface area contributed by atoms with Gasteiger partial charge in [0, 0.05) is 19.1 Å². The van der Waals surface area contributed by atoms with Gasteiger partial charge in [0.1, 0.15) is 0 Å². The Kier molecular flexibility index (Phi) is 6.51. The molecule has 3 heteroatoms. The van der Waals surface area contributed by atoms with Crippen molar-refractivity contribution in [3.8, 4) is 0 Å². The van der Waals surface area contributed by atoms with Crippen LogP contribution >= 0.6 is 0 Å². The second kappa shape index (κ2) is 7.94. The van der Waals surface area contributed by atoms with E-state index in [2.05, 4.69) is 43.1 Å². The third-order valence-electron chi connectivity index (χ3n) is 5.78. The van der Waals surface area contributed by atoms with Crippen LogP contribution in [0.15, 0.2) is 0 Å². The highest BCUT2D eigenvalue weighted by Gasteiger charge is 2.37. The van der Waals surface area contributed by atoms with E-state index >= 15 is 0 Å². The first-order valence-corrected chi connectivity index (χ1v) is 9.14. The zero-order chi connectivity index (χ0) is 15.3. The van der Waals surface area contributed by atoms with Gasteiger partial charge < -0.3 is 15.1 Å². The molecule has 0 spiro atoms. The van der Waals surface area contributed by atoms with Gasteiger partial charge in [0.25, 0.3) is 0 Å². The SMILES string of the molecule is CCNCC1(CN2CCC(N(C)C)CC2)CCCC(C)C1. The lowest BCUT2D eigenvalue weighted by atomic mass is 9.69. The molecule has 21 heavy (non-hydrogen) atoms. The average molecular weight is 296 g/mol. The van der Waals surface area contributed by atoms with Crippen molar-refractivity contribution in [3.63, 3.8) is 0 Å². The van der Waals surface area contributed by atoms with Crippen LogP contribution in [-0.2, 0) is 0 Å². The van der Waals surface area contributed by atoms with Crippen LogP contribution in [0.1, 0.15) is 52.4 Å². The van der Waals surface area contributed by atoms with Gasteiger partial charge in [-0.25, -0.2) is 0 Å². The van der Waals surface area contributed by atoms with E-state index in [1.807, 2.05) is 0 Å². The summed E-state index contributed by atoms with van der Waals surface area (Å²) in [6.45, 7) is 10.9. The molecule has 1 saturated carbocycles. The number of nitrogens with one attached hydrogen (secondary N) is 1. The van der Waals surface area contributed by atoms with E-state index in [9.17, 15) is 0 Å². The summed E-state index contributed by atoms with van der Waals surface area (Å²) in [5.74, 6) is 0.914. The molecule has 2 aliphatic rings. The van der Waals surface area contributed by atoms with Crippen molar-refractivity contribution in [2.24, 2.45) is 11.3 Å². The monoisotopic (exact) mass is 295 g/mol. The standard InChI is InChI=1S/C18H37N3/c1-5-19-14-18(10-6-7-16(2)13-18)15-21-11-8-17(9-12-21)20(3)4/h16-17,19H,5-15H2,1-4H3. The molecule has 2 atom stereocenters. The van der Waals surface area contributed by atoms with Crippen LogP contribution in [0, 0.1) is 11.3 Å². The van der Waals surface area contributed by atoms with Crippen LogP contribution in [-0.4, -0.2) is 62.7 Å². The molecule has 124 valence electrons. The number of piperidine rings is 1. The molecule has 2 fully saturated rings. The van der Waals surface area contributed by atoms with Crippen molar-refractivity contribution in [2.75, 3.05) is 46.8 Å². The summed E-state index contributed by atoms with van der Waals surface area (Å²) in [4.78, 5) is 5.17. The topological polar surface area (TPSA) is 18.5 Å². The Balaban J connectivity index is 1.90. The van der Waals surface area contributed by atoms with Gasteiger partial charge >= 0.3 is 0 Å². The highest BCUT2D eigenvalue weighted by atomic mass is 15.2. The van der Waals surface area contributed by atoms with Crippen LogP contribution in [0.25, 0.3) is 0 Å². The minimum atomic E-state index is 0.540. The summed E-state index contributed by atoms with van der Waals surface area (Å²) in [6, 6.07) is 0.802. The number of likely N-dealkylation sites (tertiary alicyclic amines) is 1. The molecular formula is C18H37N3. The van der Waals surface area contributed by atoms with E-state index in [1.165, 1.54) is 64.7 Å². The fourth-order valence-corrected chi connectivity index (χ4v) is 4.59. The molecule has 1 aliphatic heterocycles. The third kappa shape index (κ3) is 4.94. The maximum absolute atomic E-state index is 3.66. The van der Waals surface area contributed by atoms with Crippen molar-refractivity contribution in [1.82, 2.24) is 15.1 Å². The minimum Gasteiger partial charge on any atom is -0.316 e. The number of nitrogens with zero attached hydrogens (tertiary/aromatic N) is 2. The molecule has 1 saturated heterocycles. The summed E-state index contributed by atoms with van der Waals surface area (Å²) in [7, 11) is 4.46. The molecule has 2 unspecified atom stereocenters. The highest BCUT2D eigenvalue weighted by Crippen LogP contribution is 2.40. The van der Waals surface area contributed by atoms with Crippen molar-refractivity contribution >= 4 is 0 Å². The fraction of sp³-hybridized carbons (Fsp3) is 1.00. The Morgan fingerprint density at radius 2 is 1.90 bits per heavy atom. The number of hydrogen-bond acceptors (Lipinski definition) is 3. The molecule has 0 aromatic heterocycles. The maximum atomic E-state index is 3.66. The van der Waals surface area contributed by atoms with E-state index in [0.717, 1.165) is 18.5 Å². The Hall–Kier alpha value is -0.120. The molecule has 3 nitrogen and oxygen atoms in total. The van der Waals surface area contributed by atoms with Gasteiger partial charge in [-0.1, -0.05) is 26.7 Å². The molecule has 0 aromatic carbocycles. The van der Waals surface area contributed by atoms with Gasteiger partial charge in [-0.2, -0.15) is 0 Å². The van der Waals surface area contributed by atoms with Crippen molar-refractivity contribution in [3.05, 3.63) is 0 Å². The van der Waals surface area contributed by atoms with Crippen molar-refractivity contribution in [2.45, 2.75) is 58.4 Å². The molecule has 0 aromatic rings. The summed E-state index contributed by atoms with van der Waals surface area (Å²) in [6.07, 6.45) is 8.42. The first kappa shape index (κ1) is 17.2. The highest BCUT2D eigenvalue weighted by molar-refractivity contribution is 4.91. The second-order valence-electron chi connectivity index (χ2n) is 7.95. The average Bonchev–Trinajstić information content (AvgIpc) is 2.46. The second-order valence-corrected chi connectivity index (χ2v) is 7.95. The normalized spacial score (nSPS) is 32.7. The predicted molar refractivity (Wildman–Crippen MR) is 91.8 cm³/mol. The molecule has 1 aliphatic carbocycles. The lowest BCUT2D eigenvalue weighted by Crippen LogP contribution is -2.50. The quantitative estimate of drug-likeness (QED) is 0.813. The lowest BCUT2D eigenvalue weighted by molar-refractivity contribution is 0.0553. The molecule has 1 N–H and O–H groups in total. The first-order chi connectivity index (χ1) is 10.0. The van der Waals surface area contributed by atoms with Crippen molar-refractivity contribution in [1.29, 1.82) is 0 Å². The zero-order valence-corrected chi connectivity index (χ0v) is 14.8. The molecule has 2 rings (SSSR count). The Labute approximate surface area is 132 Å². The lowest BCUT2D eigenvalue weighted by Gasteiger charge is -2.45. The minimum absolute atomic E-state index is 0.540. The van der Waals surface area contributed by atoms with Crippen molar-refractivity contribution < 1.29 is 0 Å². The summed E-state index contributed by atoms with van der Waals surface area (Å²) >= 11 is 0. The summed E-state index contributed by atoms with van der Waals surface area (Å²) in [5, 5.41) is 3.66. The Morgan fingerprint density at radius 3 is 2.48 bits per heavy atom. The van der Waals surface area contributed by atoms with E-state index in [4.69, 9.17) is 0 Å². The molecule has 0 amide bonds. The summed E-state index contributed by atoms with van der Waals surface area (Å²) in [5.41, 5.74) is 0.540.